The van der Waals surface area contributed by atoms with E-state index in [0.29, 0.717) is 45.4 Å². The van der Waals surface area contributed by atoms with Gasteiger partial charge in [0.05, 0.1) is 11.8 Å². The van der Waals surface area contributed by atoms with Crippen molar-refractivity contribution < 1.29 is 19.2 Å². The molecule has 3 aliphatic heterocycles. The van der Waals surface area contributed by atoms with Crippen molar-refractivity contribution in [1.29, 1.82) is 0 Å². The van der Waals surface area contributed by atoms with Gasteiger partial charge in [-0.2, -0.15) is 0 Å². The second-order valence-electron chi connectivity index (χ2n) is 10.2. The molecular weight excluding hydrogens is 384 g/mol. The molecule has 3 fully saturated rings. The lowest BCUT2D eigenvalue weighted by Crippen LogP contribution is -2.49. The van der Waals surface area contributed by atoms with Crippen LogP contribution in [0.3, 0.4) is 0 Å². The lowest BCUT2D eigenvalue weighted by atomic mass is 10.00. The number of nitrogens with zero attached hydrogens (tertiary/aromatic N) is 3. The van der Waals surface area contributed by atoms with Crippen molar-refractivity contribution in [2.75, 3.05) is 26.2 Å². The highest BCUT2D eigenvalue weighted by molar-refractivity contribution is 5.90. The fourth-order valence-corrected chi connectivity index (χ4v) is 4.75. The van der Waals surface area contributed by atoms with E-state index < -0.39 is 0 Å². The summed E-state index contributed by atoms with van der Waals surface area (Å²) in [6, 6.07) is 0.144. The summed E-state index contributed by atoms with van der Waals surface area (Å²) >= 11 is 0. The molecule has 0 aliphatic carbocycles. The van der Waals surface area contributed by atoms with E-state index in [9.17, 15) is 19.2 Å². The Morgan fingerprint density at radius 2 is 1.57 bits per heavy atom. The van der Waals surface area contributed by atoms with E-state index in [1.54, 1.807) is 9.80 Å². The lowest BCUT2D eigenvalue weighted by Gasteiger charge is -2.34. The van der Waals surface area contributed by atoms with Gasteiger partial charge in [-0.1, -0.05) is 0 Å². The number of hydrogen-bond donors (Lipinski definition) is 1. The summed E-state index contributed by atoms with van der Waals surface area (Å²) in [4.78, 5) is 55.2. The number of carbonyl (C=O) groups is 4. The first kappa shape index (κ1) is 22.6. The van der Waals surface area contributed by atoms with E-state index >= 15 is 0 Å². The molecule has 3 rings (SSSR count). The first-order valence-electron chi connectivity index (χ1n) is 11.2. The monoisotopic (exact) mass is 420 g/mol. The summed E-state index contributed by atoms with van der Waals surface area (Å²) in [6.07, 6.45) is 1.97. The summed E-state index contributed by atoms with van der Waals surface area (Å²) in [5.41, 5.74) is -0.273. The van der Waals surface area contributed by atoms with Crippen molar-refractivity contribution in [3.8, 4) is 0 Å². The van der Waals surface area contributed by atoms with Crippen LogP contribution < -0.4 is 5.32 Å². The maximum atomic E-state index is 12.8. The number of piperidine rings is 1. The van der Waals surface area contributed by atoms with Gasteiger partial charge in [-0.15, -0.1) is 0 Å². The maximum absolute atomic E-state index is 12.8. The molecule has 4 amide bonds. The smallest absolute Gasteiger partial charge is 0.227 e. The van der Waals surface area contributed by atoms with E-state index in [1.165, 1.54) is 0 Å². The van der Waals surface area contributed by atoms with Crippen LogP contribution in [0.15, 0.2) is 0 Å². The van der Waals surface area contributed by atoms with Gasteiger partial charge < -0.3 is 20.0 Å². The second-order valence-corrected chi connectivity index (χ2v) is 10.2. The van der Waals surface area contributed by atoms with Gasteiger partial charge in [0.25, 0.3) is 0 Å². The maximum Gasteiger partial charge on any atom is 0.227 e. The quantitative estimate of drug-likeness (QED) is 0.735. The van der Waals surface area contributed by atoms with E-state index in [1.807, 2.05) is 39.5 Å². The Balaban J connectivity index is 1.46. The van der Waals surface area contributed by atoms with Crippen LogP contribution in [-0.2, 0) is 19.2 Å². The lowest BCUT2D eigenvalue weighted by molar-refractivity contribution is -0.137. The summed E-state index contributed by atoms with van der Waals surface area (Å²) in [5, 5.41) is 3.09. The molecular formula is C22H36N4O4. The van der Waals surface area contributed by atoms with Crippen LogP contribution in [0.5, 0.6) is 0 Å². The van der Waals surface area contributed by atoms with Crippen LogP contribution in [0, 0.1) is 11.8 Å². The molecule has 30 heavy (non-hydrogen) atoms. The highest BCUT2D eigenvalue weighted by Crippen LogP contribution is 2.27. The molecule has 0 aromatic heterocycles. The number of rotatable bonds is 4. The minimum absolute atomic E-state index is 0.0257. The molecule has 0 radical (unpaired) electrons. The Hall–Kier alpha value is -2.12. The molecule has 1 N–H and O–H groups in total. The zero-order valence-corrected chi connectivity index (χ0v) is 18.9. The zero-order valence-electron chi connectivity index (χ0n) is 18.9. The number of carbonyl (C=O) groups excluding carboxylic acids is 4. The molecule has 8 nitrogen and oxygen atoms in total. The SMILES string of the molecule is CC(C)N1CC(C(=O)N2CCC(NC(=O)C3CC(=O)N(C(C)(C)C)C3)CC2)CC1=O. The molecule has 0 bridgehead atoms. The molecule has 8 heteroatoms. The summed E-state index contributed by atoms with van der Waals surface area (Å²) < 4.78 is 0. The van der Waals surface area contributed by atoms with Crippen LogP contribution in [0.2, 0.25) is 0 Å². The Morgan fingerprint density at radius 1 is 0.967 bits per heavy atom. The third-order valence-electron chi connectivity index (χ3n) is 6.59. The Morgan fingerprint density at radius 3 is 2.07 bits per heavy atom. The number of nitrogens with one attached hydrogen (secondary N) is 1. The van der Waals surface area contributed by atoms with Gasteiger partial charge in [0.2, 0.25) is 23.6 Å². The molecule has 0 spiro atoms. The van der Waals surface area contributed by atoms with Crippen molar-refractivity contribution >= 4 is 23.6 Å². The Bertz CT molecular complexity index is 706. The average molecular weight is 421 g/mol. The highest BCUT2D eigenvalue weighted by Gasteiger charge is 2.41. The van der Waals surface area contributed by atoms with Gasteiger partial charge in [0.15, 0.2) is 0 Å². The highest BCUT2D eigenvalue weighted by atomic mass is 16.2. The number of hydrogen-bond acceptors (Lipinski definition) is 4. The number of likely N-dealkylation sites (tertiary alicyclic amines) is 3. The van der Waals surface area contributed by atoms with Gasteiger partial charge in [0, 0.05) is 56.6 Å². The molecule has 3 saturated heterocycles. The van der Waals surface area contributed by atoms with Gasteiger partial charge in [-0.05, 0) is 47.5 Å². The summed E-state index contributed by atoms with van der Waals surface area (Å²) in [6.45, 7) is 12.0. The first-order valence-corrected chi connectivity index (χ1v) is 11.2. The van der Waals surface area contributed by atoms with Crippen LogP contribution in [0.25, 0.3) is 0 Å². The van der Waals surface area contributed by atoms with Crippen LogP contribution in [0.1, 0.15) is 60.3 Å². The van der Waals surface area contributed by atoms with Crippen molar-refractivity contribution in [1.82, 2.24) is 20.0 Å². The molecule has 3 heterocycles. The molecule has 2 atom stereocenters. The third kappa shape index (κ3) is 4.78. The molecule has 0 saturated carbocycles. The Kier molecular flexibility index (Phi) is 6.43. The largest absolute Gasteiger partial charge is 0.353 e. The minimum Gasteiger partial charge on any atom is -0.353 e. The predicted octanol–water partition coefficient (Wildman–Crippen LogP) is 0.998. The van der Waals surface area contributed by atoms with Crippen LogP contribution >= 0.6 is 0 Å². The van der Waals surface area contributed by atoms with E-state index in [-0.39, 0.29) is 59.5 Å². The normalized spacial score (nSPS) is 26.1. The Labute approximate surface area is 179 Å². The van der Waals surface area contributed by atoms with E-state index in [0.717, 1.165) is 0 Å². The van der Waals surface area contributed by atoms with Crippen molar-refractivity contribution in [2.24, 2.45) is 11.8 Å². The first-order chi connectivity index (χ1) is 14.0. The van der Waals surface area contributed by atoms with Crippen molar-refractivity contribution in [3.05, 3.63) is 0 Å². The predicted molar refractivity (Wildman–Crippen MR) is 112 cm³/mol. The topological polar surface area (TPSA) is 90.0 Å². The fourth-order valence-electron chi connectivity index (χ4n) is 4.75. The molecule has 0 aromatic carbocycles. The second kappa shape index (κ2) is 8.55. The standard InChI is InChI=1S/C22H36N4O4/c1-14(2)25-12-16(11-18(25)27)21(30)24-8-6-17(7-9-24)23-20(29)15-10-19(28)26(13-15)22(3,4)5/h14-17H,6-13H2,1-5H3,(H,23,29). The summed E-state index contributed by atoms with van der Waals surface area (Å²) in [5.74, 6) is -0.473. The fraction of sp³-hybridized carbons (Fsp3) is 0.818. The van der Waals surface area contributed by atoms with Crippen LogP contribution in [-0.4, -0.2) is 82.1 Å². The number of amides is 4. The van der Waals surface area contributed by atoms with Gasteiger partial charge in [0.1, 0.15) is 0 Å². The van der Waals surface area contributed by atoms with Gasteiger partial charge in [-0.3, -0.25) is 19.2 Å². The molecule has 0 aromatic rings. The van der Waals surface area contributed by atoms with E-state index in [4.69, 9.17) is 0 Å². The molecule has 168 valence electrons. The van der Waals surface area contributed by atoms with Gasteiger partial charge >= 0.3 is 0 Å². The van der Waals surface area contributed by atoms with Crippen LogP contribution in [0.4, 0.5) is 0 Å². The third-order valence-corrected chi connectivity index (χ3v) is 6.59. The summed E-state index contributed by atoms with van der Waals surface area (Å²) in [7, 11) is 0. The van der Waals surface area contributed by atoms with Crippen molar-refractivity contribution in [3.63, 3.8) is 0 Å². The molecule has 2 unspecified atom stereocenters. The average Bonchev–Trinajstić information content (AvgIpc) is 3.24. The zero-order chi connectivity index (χ0) is 22.2. The molecule has 3 aliphatic rings. The van der Waals surface area contributed by atoms with Gasteiger partial charge in [-0.25, -0.2) is 0 Å². The minimum atomic E-state index is -0.303. The van der Waals surface area contributed by atoms with Crippen molar-refractivity contribution in [2.45, 2.75) is 77.9 Å². The van der Waals surface area contributed by atoms with E-state index in [2.05, 4.69) is 5.32 Å².